The molecule has 0 aromatic carbocycles. The molecule has 0 saturated carbocycles. The van der Waals surface area contributed by atoms with Gasteiger partial charge in [0, 0.05) is 19.3 Å². The second kappa shape index (κ2) is 6.26. The molecular formula is C12H18N2O3S. The summed E-state index contributed by atoms with van der Waals surface area (Å²) in [5, 5.41) is 12.5. The van der Waals surface area contributed by atoms with Gasteiger partial charge in [0.25, 0.3) is 5.91 Å². The molecule has 0 radical (unpaired) electrons. The van der Waals surface area contributed by atoms with Crippen LogP contribution in [0, 0.1) is 0 Å². The first kappa shape index (κ1) is 13.5. The summed E-state index contributed by atoms with van der Waals surface area (Å²) in [5.41, 5.74) is 0. The van der Waals surface area contributed by atoms with E-state index in [9.17, 15) is 4.79 Å². The van der Waals surface area contributed by atoms with Crippen molar-refractivity contribution in [3.8, 4) is 0 Å². The Labute approximate surface area is 110 Å². The van der Waals surface area contributed by atoms with Crippen molar-refractivity contribution < 1.29 is 14.6 Å². The van der Waals surface area contributed by atoms with E-state index in [1.54, 1.807) is 6.20 Å². The van der Waals surface area contributed by atoms with Gasteiger partial charge in [-0.2, -0.15) is 0 Å². The molecule has 0 aliphatic carbocycles. The van der Waals surface area contributed by atoms with Gasteiger partial charge in [-0.15, -0.1) is 11.3 Å². The normalized spacial score (nSPS) is 20.9. The molecule has 1 aromatic heterocycles. The largest absolute Gasteiger partial charge is 0.396 e. The Morgan fingerprint density at radius 1 is 1.78 bits per heavy atom. The lowest BCUT2D eigenvalue weighted by Gasteiger charge is -2.10. The highest BCUT2D eigenvalue weighted by molar-refractivity contribution is 7.13. The van der Waals surface area contributed by atoms with Crippen molar-refractivity contribution in [2.75, 3.05) is 13.2 Å². The highest BCUT2D eigenvalue weighted by Gasteiger charge is 2.22. The second-order valence-corrected chi connectivity index (χ2v) is 5.51. The van der Waals surface area contributed by atoms with Gasteiger partial charge in [-0.25, -0.2) is 4.98 Å². The molecule has 2 rings (SSSR count). The summed E-state index contributed by atoms with van der Waals surface area (Å²) in [5.74, 6) is -0.127. The zero-order valence-electron chi connectivity index (χ0n) is 10.4. The van der Waals surface area contributed by atoms with Gasteiger partial charge in [0.15, 0.2) is 0 Å². The Morgan fingerprint density at radius 3 is 3.28 bits per heavy atom. The van der Waals surface area contributed by atoms with Gasteiger partial charge in [0.2, 0.25) is 0 Å². The van der Waals surface area contributed by atoms with Crippen LogP contribution >= 0.6 is 11.3 Å². The quantitative estimate of drug-likeness (QED) is 0.850. The zero-order chi connectivity index (χ0) is 13.0. The molecule has 1 aromatic rings. The van der Waals surface area contributed by atoms with Crippen molar-refractivity contribution in [1.29, 1.82) is 0 Å². The van der Waals surface area contributed by atoms with E-state index in [2.05, 4.69) is 10.3 Å². The predicted octanol–water partition coefficient (Wildman–Crippen LogP) is 1.50. The number of amides is 1. The Morgan fingerprint density at radius 2 is 2.61 bits per heavy atom. The fourth-order valence-corrected chi connectivity index (χ4v) is 2.78. The lowest BCUT2D eigenvalue weighted by Crippen LogP contribution is -2.32. The number of aliphatic hydroxyl groups excluding tert-OH is 1. The van der Waals surface area contributed by atoms with Crippen LogP contribution in [0.25, 0.3) is 0 Å². The smallest absolute Gasteiger partial charge is 0.263 e. The summed E-state index contributed by atoms with van der Waals surface area (Å²) in [4.78, 5) is 16.8. The maximum absolute atomic E-state index is 11.9. The summed E-state index contributed by atoms with van der Waals surface area (Å²) >= 11 is 1.39. The van der Waals surface area contributed by atoms with E-state index in [1.165, 1.54) is 11.3 Å². The molecule has 1 aliphatic heterocycles. The number of aliphatic hydroxyl groups is 1. The van der Waals surface area contributed by atoms with Crippen LogP contribution in [0.3, 0.4) is 0 Å². The Hall–Kier alpha value is -0.980. The third-order valence-corrected chi connectivity index (χ3v) is 3.98. The van der Waals surface area contributed by atoms with Gasteiger partial charge >= 0.3 is 0 Å². The van der Waals surface area contributed by atoms with Gasteiger partial charge < -0.3 is 15.2 Å². The van der Waals surface area contributed by atoms with Crippen molar-refractivity contribution >= 4 is 17.2 Å². The van der Waals surface area contributed by atoms with Crippen molar-refractivity contribution in [1.82, 2.24) is 10.3 Å². The Kier molecular flexibility index (Phi) is 4.68. The minimum absolute atomic E-state index is 0.0317. The molecule has 18 heavy (non-hydrogen) atoms. The van der Waals surface area contributed by atoms with Crippen LogP contribution in [0.15, 0.2) is 6.20 Å². The molecule has 2 N–H and O–H groups in total. The van der Waals surface area contributed by atoms with Crippen LogP contribution in [0.2, 0.25) is 0 Å². The van der Waals surface area contributed by atoms with Crippen LogP contribution in [0.4, 0.5) is 0 Å². The summed E-state index contributed by atoms with van der Waals surface area (Å²) in [7, 11) is 0. The van der Waals surface area contributed by atoms with Crippen LogP contribution < -0.4 is 5.32 Å². The van der Waals surface area contributed by atoms with E-state index >= 15 is 0 Å². The number of nitrogens with zero attached hydrogens (tertiary/aromatic N) is 1. The number of carbonyl (C=O) groups excluding carboxylic acids is 1. The SMILES string of the molecule is CC(CCO)NC(=O)c1cnc(C2CCCO2)s1. The second-order valence-electron chi connectivity index (χ2n) is 4.45. The topological polar surface area (TPSA) is 71.5 Å². The standard InChI is InChI=1S/C12H18N2O3S/c1-8(4-5-15)14-11(16)10-7-13-12(18-10)9-3-2-6-17-9/h7-9,15H,2-6H2,1H3,(H,14,16). The Balaban J connectivity index is 1.94. The third kappa shape index (κ3) is 3.28. The van der Waals surface area contributed by atoms with E-state index in [4.69, 9.17) is 9.84 Å². The average molecular weight is 270 g/mol. The van der Waals surface area contributed by atoms with Crippen LogP contribution in [-0.2, 0) is 4.74 Å². The molecule has 1 aliphatic rings. The van der Waals surface area contributed by atoms with Gasteiger partial charge in [0.05, 0.1) is 6.20 Å². The van der Waals surface area contributed by atoms with Gasteiger partial charge in [-0.05, 0) is 26.2 Å². The molecule has 100 valence electrons. The molecule has 2 heterocycles. The average Bonchev–Trinajstić information content (AvgIpc) is 3.00. The monoisotopic (exact) mass is 270 g/mol. The first-order valence-electron chi connectivity index (χ1n) is 6.19. The fraction of sp³-hybridized carbons (Fsp3) is 0.667. The minimum Gasteiger partial charge on any atom is -0.396 e. The fourth-order valence-electron chi connectivity index (χ4n) is 1.87. The minimum atomic E-state index is -0.127. The van der Waals surface area contributed by atoms with E-state index in [1.807, 2.05) is 6.92 Å². The number of nitrogens with one attached hydrogen (secondary N) is 1. The van der Waals surface area contributed by atoms with E-state index in [-0.39, 0.29) is 24.7 Å². The summed E-state index contributed by atoms with van der Waals surface area (Å²) in [6.45, 7) is 2.72. The lowest BCUT2D eigenvalue weighted by molar-refractivity contribution is 0.0938. The maximum Gasteiger partial charge on any atom is 0.263 e. The number of carbonyl (C=O) groups is 1. The van der Waals surface area contributed by atoms with Crippen LogP contribution in [0.1, 0.15) is 47.0 Å². The molecule has 1 fully saturated rings. The lowest BCUT2D eigenvalue weighted by atomic mass is 10.2. The molecule has 1 saturated heterocycles. The molecular weight excluding hydrogens is 252 g/mol. The number of aromatic nitrogens is 1. The number of rotatable bonds is 5. The maximum atomic E-state index is 11.9. The van der Waals surface area contributed by atoms with Gasteiger partial charge in [-0.3, -0.25) is 4.79 Å². The van der Waals surface area contributed by atoms with Gasteiger partial charge in [-0.1, -0.05) is 0 Å². The van der Waals surface area contributed by atoms with E-state index in [0.29, 0.717) is 11.3 Å². The van der Waals surface area contributed by atoms with Crippen molar-refractivity contribution in [3.63, 3.8) is 0 Å². The summed E-state index contributed by atoms with van der Waals surface area (Å²) in [6, 6.07) is -0.0317. The summed E-state index contributed by atoms with van der Waals surface area (Å²) in [6.07, 6.45) is 4.26. The number of thiazole rings is 1. The van der Waals surface area contributed by atoms with E-state index in [0.717, 1.165) is 24.5 Å². The van der Waals surface area contributed by atoms with Gasteiger partial charge in [0.1, 0.15) is 16.0 Å². The van der Waals surface area contributed by atoms with Crippen molar-refractivity contribution in [2.24, 2.45) is 0 Å². The highest BCUT2D eigenvalue weighted by Crippen LogP contribution is 2.31. The zero-order valence-corrected chi connectivity index (χ0v) is 11.2. The number of hydrogen-bond acceptors (Lipinski definition) is 5. The summed E-state index contributed by atoms with van der Waals surface area (Å²) < 4.78 is 5.53. The van der Waals surface area contributed by atoms with Crippen molar-refractivity contribution in [2.45, 2.75) is 38.3 Å². The molecule has 6 heteroatoms. The van der Waals surface area contributed by atoms with Crippen LogP contribution in [0.5, 0.6) is 0 Å². The predicted molar refractivity (Wildman–Crippen MR) is 68.7 cm³/mol. The van der Waals surface area contributed by atoms with Crippen molar-refractivity contribution in [3.05, 3.63) is 16.1 Å². The number of hydrogen-bond donors (Lipinski definition) is 2. The molecule has 1 amide bonds. The first-order valence-corrected chi connectivity index (χ1v) is 7.01. The Bertz CT molecular complexity index is 402. The highest BCUT2D eigenvalue weighted by atomic mass is 32.1. The van der Waals surface area contributed by atoms with E-state index < -0.39 is 0 Å². The molecule has 0 bridgehead atoms. The molecule has 5 nitrogen and oxygen atoms in total. The first-order chi connectivity index (χ1) is 8.70. The molecule has 2 unspecified atom stereocenters. The number of ether oxygens (including phenoxy) is 1. The molecule has 2 atom stereocenters. The third-order valence-electron chi connectivity index (χ3n) is 2.89. The molecule has 0 spiro atoms. The van der Waals surface area contributed by atoms with Crippen LogP contribution in [-0.4, -0.2) is 35.3 Å².